The van der Waals surface area contributed by atoms with Crippen molar-refractivity contribution in [3.8, 4) is 0 Å². The van der Waals surface area contributed by atoms with Crippen molar-refractivity contribution in [1.29, 1.82) is 0 Å². The summed E-state index contributed by atoms with van der Waals surface area (Å²) >= 11 is 9.58. The SMILES string of the molecule is CCC(C)C(NC(=O)C(CS)NC(=O)C(N)CCSC)C(=O)NC(CS)C(=O)O. The zero-order valence-corrected chi connectivity index (χ0v) is 19.5. The first-order valence-electron chi connectivity index (χ1n) is 9.22. The summed E-state index contributed by atoms with van der Waals surface area (Å²) in [7, 11) is 0. The first-order chi connectivity index (χ1) is 13.6. The maximum atomic E-state index is 12.6. The van der Waals surface area contributed by atoms with E-state index >= 15 is 0 Å². The summed E-state index contributed by atoms with van der Waals surface area (Å²) in [4.78, 5) is 48.5. The zero-order valence-electron chi connectivity index (χ0n) is 16.9. The van der Waals surface area contributed by atoms with E-state index < -0.39 is 47.9 Å². The second-order valence-corrected chi connectivity index (χ2v) is 8.30. The molecule has 0 aromatic heterocycles. The van der Waals surface area contributed by atoms with Crippen LogP contribution in [0.5, 0.6) is 0 Å². The van der Waals surface area contributed by atoms with Crippen LogP contribution in [-0.4, -0.2) is 76.5 Å². The molecule has 0 aromatic carbocycles. The van der Waals surface area contributed by atoms with Crippen molar-refractivity contribution in [2.24, 2.45) is 11.7 Å². The van der Waals surface area contributed by atoms with Gasteiger partial charge in [-0.3, -0.25) is 14.4 Å². The quantitative estimate of drug-likeness (QED) is 0.170. The van der Waals surface area contributed by atoms with E-state index in [0.717, 1.165) is 0 Å². The topological polar surface area (TPSA) is 151 Å². The molecule has 0 fully saturated rings. The van der Waals surface area contributed by atoms with Crippen molar-refractivity contribution in [2.45, 2.75) is 50.9 Å². The van der Waals surface area contributed by atoms with Crippen LogP contribution in [-0.2, 0) is 19.2 Å². The van der Waals surface area contributed by atoms with Gasteiger partial charge >= 0.3 is 5.97 Å². The number of carbonyl (C=O) groups is 4. The molecule has 0 aliphatic carbocycles. The van der Waals surface area contributed by atoms with Gasteiger partial charge in [0.1, 0.15) is 18.1 Å². The van der Waals surface area contributed by atoms with Gasteiger partial charge in [-0.2, -0.15) is 37.0 Å². The number of thiol groups is 2. The van der Waals surface area contributed by atoms with Crippen molar-refractivity contribution in [3.05, 3.63) is 0 Å². The Hall–Kier alpha value is -1.11. The molecule has 12 heteroatoms. The van der Waals surface area contributed by atoms with E-state index in [0.29, 0.717) is 18.6 Å². The van der Waals surface area contributed by atoms with Gasteiger partial charge in [0.15, 0.2) is 0 Å². The molecule has 5 unspecified atom stereocenters. The van der Waals surface area contributed by atoms with Gasteiger partial charge in [0.25, 0.3) is 0 Å². The summed E-state index contributed by atoms with van der Waals surface area (Å²) in [6.45, 7) is 3.60. The van der Waals surface area contributed by atoms with Gasteiger partial charge in [-0.05, 0) is 24.3 Å². The number of carboxylic acid groups (broad SMARTS) is 1. The molecule has 0 bridgehead atoms. The molecule has 168 valence electrons. The lowest BCUT2D eigenvalue weighted by molar-refractivity contribution is -0.142. The van der Waals surface area contributed by atoms with E-state index in [1.54, 1.807) is 18.7 Å². The minimum atomic E-state index is -1.22. The minimum absolute atomic E-state index is 0.00998. The Kier molecular flexibility index (Phi) is 14.2. The number of nitrogens with one attached hydrogen (secondary N) is 3. The fourth-order valence-corrected chi connectivity index (χ4v) is 3.25. The van der Waals surface area contributed by atoms with Crippen LogP contribution >= 0.6 is 37.0 Å². The van der Waals surface area contributed by atoms with Crippen molar-refractivity contribution in [2.75, 3.05) is 23.5 Å². The third-order valence-electron chi connectivity index (χ3n) is 4.38. The molecule has 0 aliphatic heterocycles. The third kappa shape index (κ3) is 9.96. The molecule has 0 aromatic rings. The Labute approximate surface area is 186 Å². The molecule has 0 saturated carbocycles. The Morgan fingerprint density at radius 3 is 2.00 bits per heavy atom. The van der Waals surface area contributed by atoms with Crippen LogP contribution in [0, 0.1) is 5.92 Å². The predicted molar refractivity (Wildman–Crippen MR) is 122 cm³/mol. The Morgan fingerprint density at radius 1 is 1.00 bits per heavy atom. The van der Waals surface area contributed by atoms with E-state index in [9.17, 15) is 19.2 Å². The fraction of sp³-hybridized carbons (Fsp3) is 0.765. The Morgan fingerprint density at radius 2 is 1.55 bits per heavy atom. The maximum Gasteiger partial charge on any atom is 0.327 e. The molecular formula is C17H32N4O5S3. The van der Waals surface area contributed by atoms with Gasteiger partial charge in [-0.25, -0.2) is 4.79 Å². The van der Waals surface area contributed by atoms with Crippen LogP contribution in [0.4, 0.5) is 0 Å². The third-order valence-corrected chi connectivity index (χ3v) is 5.75. The van der Waals surface area contributed by atoms with Crippen LogP contribution in [0.3, 0.4) is 0 Å². The van der Waals surface area contributed by atoms with Crippen LogP contribution in [0.2, 0.25) is 0 Å². The van der Waals surface area contributed by atoms with Crippen LogP contribution in [0.25, 0.3) is 0 Å². The Balaban J connectivity index is 5.16. The summed E-state index contributed by atoms with van der Waals surface area (Å²) in [5.74, 6) is -2.56. The number of rotatable bonds is 14. The summed E-state index contributed by atoms with van der Waals surface area (Å²) < 4.78 is 0. The van der Waals surface area contributed by atoms with Gasteiger partial charge in [0.05, 0.1) is 6.04 Å². The average Bonchev–Trinajstić information content (AvgIpc) is 2.70. The van der Waals surface area contributed by atoms with E-state index in [-0.39, 0.29) is 17.4 Å². The molecular weight excluding hydrogens is 436 g/mol. The summed E-state index contributed by atoms with van der Waals surface area (Å²) in [5.41, 5.74) is 5.82. The van der Waals surface area contributed by atoms with Crippen LogP contribution < -0.4 is 21.7 Å². The van der Waals surface area contributed by atoms with Gasteiger partial charge in [0.2, 0.25) is 17.7 Å². The van der Waals surface area contributed by atoms with Gasteiger partial charge in [0, 0.05) is 11.5 Å². The smallest absolute Gasteiger partial charge is 0.327 e. The fourth-order valence-electron chi connectivity index (χ4n) is 2.25. The van der Waals surface area contributed by atoms with E-state index in [2.05, 4.69) is 41.2 Å². The van der Waals surface area contributed by atoms with Crippen LogP contribution in [0.15, 0.2) is 0 Å². The molecule has 29 heavy (non-hydrogen) atoms. The number of thioether (sulfide) groups is 1. The number of hydrogen-bond donors (Lipinski definition) is 7. The molecule has 0 saturated heterocycles. The lowest BCUT2D eigenvalue weighted by Crippen LogP contribution is -2.59. The average molecular weight is 469 g/mol. The zero-order chi connectivity index (χ0) is 22.6. The largest absolute Gasteiger partial charge is 0.480 e. The molecule has 0 aliphatic rings. The number of amides is 3. The van der Waals surface area contributed by atoms with Crippen molar-refractivity contribution in [1.82, 2.24) is 16.0 Å². The number of nitrogens with two attached hydrogens (primary N) is 1. The number of hydrogen-bond acceptors (Lipinski definition) is 8. The highest BCUT2D eigenvalue weighted by Gasteiger charge is 2.32. The standard InChI is InChI=1S/C17H32N4O5S3/c1-4-9(2)13(16(24)20-12(8-28)17(25)26)21-15(23)11(7-27)19-14(22)10(18)5-6-29-3/h9-13,27-28H,4-8,18H2,1-3H3,(H,19,22)(H,20,24)(H,21,23)(H,25,26). The first kappa shape index (κ1) is 27.9. The molecule has 0 rings (SSSR count). The summed E-state index contributed by atoms with van der Waals surface area (Å²) in [6.07, 6.45) is 2.93. The van der Waals surface area contributed by atoms with Gasteiger partial charge in [-0.15, -0.1) is 0 Å². The predicted octanol–water partition coefficient (Wildman–Crippen LogP) is -0.488. The monoisotopic (exact) mass is 468 g/mol. The highest BCUT2D eigenvalue weighted by molar-refractivity contribution is 7.98. The van der Waals surface area contributed by atoms with Crippen molar-refractivity contribution in [3.63, 3.8) is 0 Å². The second kappa shape index (κ2) is 14.8. The maximum absolute atomic E-state index is 12.6. The molecule has 0 spiro atoms. The highest BCUT2D eigenvalue weighted by atomic mass is 32.2. The summed E-state index contributed by atoms with van der Waals surface area (Å²) in [5, 5.41) is 16.6. The second-order valence-electron chi connectivity index (χ2n) is 6.59. The minimum Gasteiger partial charge on any atom is -0.480 e. The van der Waals surface area contributed by atoms with E-state index in [4.69, 9.17) is 10.8 Å². The lowest BCUT2D eigenvalue weighted by atomic mass is 9.97. The highest BCUT2D eigenvalue weighted by Crippen LogP contribution is 2.09. The first-order valence-corrected chi connectivity index (χ1v) is 11.9. The molecule has 9 nitrogen and oxygen atoms in total. The molecule has 0 radical (unpaired) electrons. The van der Waals surface area contributed by atoms with Crippen molar-refractivity contribution >= 4 is 60.7 Å². The molecule has 0 heterocycles. The van der Waals surface area contributed by atoms with Gasteiger partial charge in [-0.1, -0.05) is 20.3 Å². The number of carbonyl (C=O) groups excluding carboxylic acids is 3. The van der Waals surface area contributed by atoms with Gasteiger partial charge < -0.3 is 26.8 Å². The van der Waals surface area contributed by atoms with E-state index in [1.165, 1.54) is 0 Å². The Bertz CT molecular complexity index is 567. The number of carboxylic acids is 1. The molecule has 6 N–H and O–H groups in total. The van der Waals surface area contributed by atoms with E-state index in [1.807, 2.05) is 13.2 Å². The lowest BCUT2D eigenvalue weighted by Gasteiger charge is -2.27. The van der Waals surface area contributed by atoms with Crippen molar-refractivity contribution < 1.29 is 24.3 Å². The number of aliphatic carboxylic acids is 1. The summed E-state index contributed by atoms with van der Waals surface area (Å²) in [6, 6.07) is -3.88. The molecule has 5 atom stereocenters. The normalized spacial score (nSPS) is 16.1. The van der Waals surface area contributed by atoms with Crippen LogP contribution in [0.1, 0.15) is 26.7 Å². The molecule has 3 amide bonds.